The highest BCUT2D eigenvalue weighted by molar-refractivity contribution is 6.34. The van der Waals surface area contributed by atoms with E-state index in [1.807, 2.05) is 19.1 Å². The smallest absolute Gasteiger partial charge is 0.127 e. The Hall–Kier alpha value is -0.800. The van der Waals surface area contributed by atoms with Crippen LogP contribution in [0.25, 0.3) is 0 Å². The van der Waals surface area contributed by atoms with E-state index >= 15 is 0 Å². The van der Waals surface area contributed by atoms with Gasteiger partial charge in [-0.15, -0.1) is 0 Å². The highest BCUT2D eigenvalue weighted by atomic mass is 35.5. The summed E-state index contributed by atoms with van der Waals surface area (Å²) >= 11 is 18.4. The minimum absolute atomic E-state index is 0.196. The van der Waals surface area contributed by atoms with Gasteiger partial charge in [0, 0.05) is 15.1 Å². The van der Waals surface area contributed by atoms with E-state index in [1.54, 1.807) is 19.1 Å². The molecule has 0 fully saturated rings. The van der Waals surface area contributed by atoms with Gasteiger partial charge in [0.25, 0.3) is 0 Å². The van der Waals surface area contributed by atoms with Crippen LogP contribution in [0.4, 0.5) is 4.39 Å². The van der Waals surface area contributed by atoms with Gasteiger partial charge in [0.2, 0.25) is 0 Å². The van der Waals surface area contributed by atoms with Gasteiger partial charge in [0.15, 0.2) is 0 Å². The molecule has 0 aliphatic carbocycles. The second-order valence-corrected chi connectivity index (χ2v) is 6.10. The van der Waals surface area contributed by atoms with Crippen molar-refractivity contribution >= 4 is 34.8 Å². The highest BCUT2D eigenvalue weighted by Crippen LogP contribution is 2.33. The van der Waals surface area contributed by atoms with E-state index in [-0.39, 0.29) is 11.9 Å². The molecule has 0 aliphatic rings. The summed E-state index contributed by atoms with van der Waals surface area (Å²) in [6.07, 6.45) is 0. The first kappa shape index (κ1) is 16.6. The number of hydrogen-bond acceptors (Lipinski definition) is 1. The van der Waals surface area contributed by atoms with Crippen molar-refractivity contribution in [1.82, 2.24) is 5.32 Å². The Morgan fingerprint density at radius 2 is 1.67 bits per heavy atom. The van der Waals surface area contributed by atoms with Crippen molar-refractivity contribution in [3.63, 3.8) is 0 Å². The molecule has 0 amide bonds. The fraction of sp³-hybridized carbons (Fsp3) is 0.250. The maximum atomic E-state index is 13.6. The van der Waals surface area contributed by atoms with E-state index in [2.05, 4.69) is 5.32 Å². The third-order valence-electron chi connectivity index (χ3n) is 3.22. The molecule has 2 aromatic rings. The van der Waals surface area contributed by atoms with Crippen LogP contribution in [0.5, 0.6) is 0 Å². The molecule has 112 valence electrons. The van der Waals surface area contributed by atoms with E-state index in [0.29, 0.717) is 20.6 Å². The second kappa shape index (κ2) is 6.97. The Balaban J connectivity index is 2.55. The number of nitrogens with one attached hydrogen (secondary N) is 1. The van der Waals surface area contributed by atoms with Crippen LogP contribution in [0.15, 0.2) is 30.3 Å². The Labute approximate surface area is 139 Å². The monoisotopic (exact) mass is 345 g/mol. The summed E-state index contributed by atoms with van der Waals surface area (Å²) in [4.78, 5) is 0. The maximum Gasteiger partial charge on any atom is 0.127 e. The first-order chi connectivity index (χ1) is 9.92. The lowest BCUT2D eigenvalue weighted by molar-refractivity contribution is 0.606. The predicted molar refractivity (Wildman–Crippen MR) is 88.1 cm³/mol. The fourth-order valence-electron chi connectivity index (χ4n) is 2.25. The summed E-state index contributed by atoms with van der Waals surface area (Å²) < 4.78 is 13.6. The topological polar surface area (TPSA) is 12.0 Å². The predicted octanol–water partition coefficient (Wildman–Crippen LogP) is 5.79. The molecule has 0 saturated heterocycles. The second-order valence-electron chi connectivity index (χ2n) is 4.82. The third kappa shape index (κ3) is 3.89. The van der Waals surface area contributed by atoms with Crippen LogP contribution in [-0.2, 0) is 0 Å². The fourth-order valence-corrected chi connectivity index (χ4v) is 3.06. The normalized spacial score (nSPS) is 12.5. The number of benzene rings is 2. The van der Waals surface area contributed by atoms with Crippen molar-refractivity contribution in [3.05, 3.63) is 67.9 Å². The molecular formula is C16H15Cl3FN. The van der Waals surface area contributed by atoms with Crippen LogP contribution in [0.3, 0.4) is 0 Å². The summed E-state index contributed by atoms with van der Waals surface area (Å²) in [7, 11) is 0. The van der Waals surface area contributed by atoms with Gasteiger partial charge in [-0.05, 0) is 60.5 Å². The average Bonchev–Trinajstić information content (AvgIpc) is 2.39. The number of halogens is 4. The van der Waals surface area contributed by atoms with E-state index in [1.165, 1.54) is 6.07 Å². The molecule has 1 nitrogen and oxygen atoms in total. The van der Waals surface area contributed by atoms with Gasteiger partial charge in [-0.25, -0.2) is 4.39 Å². The van der Waals surface area contributed by atoms with E-state index in [0.717, 1.165) is 17.7 Å². The minimum atomic E-state index is -0.317. The SMILES string of the molecule is CCNC(c1cc(Cl)cc(Cl)c1)c1cc(C)c(F)cc1Cl. The minimum Gasteiger partial charge on any atom is -0.306 e. The standard InChI is InChI=1S/C16H15Cl3FN/c1-3-21-16(10-5-11(17)7-12(18)6-10)13-4-9(2)15(20)8-14(13)19/h4-8,16,21H,3H2,1-2H3. The van der Waals surface area contributed by atoms with E-state index in [9.17, 15) is 4.39 Å². The number of aryl methyl sites for hydroxylation is 1. The van der Waals surface area contributed by atoms with Crippen molar-refractivity contribution in [3.8, 4) is 0 Å². The zero-order valence-corrected chi connectivity index (χ0v) is 14.0. The number of hydrogen-bond donors (Lipinski definition) is 1. The van der Waals surface area contributed by atoms with Crippen molar-refractivity contribution < 1.29 is 4.39 Å². The molecule has 0 aliphatic heterocycles. The molecule has 1 atom stereocenters. The highest BCUT2D eigenvalue weighted by Gasteiger charge is 2.18. The zero-order valence-electron chi connectivity index (χ0n) is 11.7. The lowest BCUT2D eigenvalue weighted by atomic mass is 9.97. The van der Waals surface area contributed by atoms with Crippen LogP contribution < -0.4 is 5.32 Å². The maximum absolute atomic E-state index is 13.6. The quantitative estimate of drug-likeness (QED) is 0.738. The third-order valence-corrected chi connectivity index (χ3v) is 3.98. The van der Waals surface area contributed by atoms with Gasteiger partial charge in [-0.1, -0.05) is 41.7 Å². The summed E-state index contributed by atoms with van der Waals surface area (Å²) in [5, 5.41) is 4.81. The molecule has 21 heavy (non-hydrogen) atoms. The van der Waals surface area contributed by atoms with Gasteiger partial charge in [0.05, 0.1) is 6.04 Å². The molecule has 1 N–H and O–H groups in total. The van der Waals surface area contributed by atoms with Gasteiger partial charge in [-0.3, -0.25) is 0 Å². The molecule has 0 saturated carbocycles. The van der Waals surface area contributed by atoms with Gasteiger partial charge in [-0.2, -0.15) is 0 Å². The van der Waals surface area contributed by atoms with Crippen molar-refractivity contribution in [1.29, 1.82) is 0 Å². The Kier molecular flexibility index (Phi) is 5.50. The molecule has 2 rings (SSSR count). The summed E-state index contributed by atoms with van der Waals surface area (Å²) in [5.74, 6) is -0.317. The van der Waals surface area contributed by atoms with E-state index in [4.69, 9.17) is 34.8 Å². The first-order valence-electron chi connectivity index (χ1n) is 6.57. The van der Waals surface area contributed by atoms with Gasteiger partial charge >= 0.3 is 0 Å². The van der Waals surface area contributed by atoms with Crippen molar-refractivity contribution in [2.24, 2.45) is 0 Å². The van der Waals surface area contributed by atoms with Gasteiger partial charge in [0.1, 0.15) is 5.82 Å². The van der Waals surface area contributed by atoms with Crippen LogP contribution >= 0.6 is 34.8 Å². The van der Waals surface area contributed by atoms with Crippen LogP contribution in [-0.4, -0.2) is 6.54 Å². The Bertz CT molecular complexity index is 638. The molecular weight excluding hydrogens is 332 g/mol. The van der Waals surface area contributed by atoms with Crippen LogP contribution in [0.2, 0.25) is 15.1 Å². The molecule has 0 heterocycles. The van der Waals surface area contributed by atoms with E-state index < -0.39 is 0 Å². The summed E-state index contributed by atoms with van der Waals surface area (Å²) in [6.45, 7) is 4.42. The summed E-state index contributed by atoms with van der Waals surface area (Å²) in [6, 6.07) is 8.22. The lowest BCUT2D eigenvalue weighted by Crippen LogP contribution is -2.22. The Morgan fingerprint density at radius 3 is 2.24 bits per heavy atom. The van der Waals surface area contributed by atoms with Gasteiger partial charge < -0.3 is 5.32 Å². The van der Waals surface area contributed by atoms with Crippen LogP contribution in [0.1, 0.15) is 29.7 Å². The summed E-state index contributed by atoms with van der Waals surface area (Å²) in [5.41, 5.74) is 2.24. The van der Waals surface area contributed by atoms with Crippen LogP contribution in [0, 0.1) is 12.7 Å². The molecule has 5 heteroatoms. The molecule has 0 aromatic heterocycles. The zero-order chi connectivity index (χ0) is 15.6. The first-order valence-corrected chi connectivity index (χ1v) is 7.70. The largest absolute Gasteiger partial charge is 0.306 e. The molecule has 0 radical (unpaired) electrons. The molecule has 0 spiro atoms. The average molecular weight is 347 g/mol. The molecule has 0 bridgehead atoms. The van der Waals surface area contributed by atoms with Crippen molar-refractivity contribution in [2.45, 2.75) is 19.9 Å². The Morgan fingerprint density at radius 1 is 1.05 bits per heavy atom. The number of rotatable bonds is 4. The molecule has 1 unspecified atom stereocenters. The van der Waals surface area contributed by atoms with Crippen molar-refractivity contribution in [2.75, 3.05) is 6.54 Å². The lowest BCUT2D eigenvalue weighted by Gasteiger charge is -2.21. The molecule has 2 aromatic carbocycles.